The molecule has 0 radical (unpaired) electrons. The normalized spacial score (nSPS) is 18.8. The van der Waals surface area contributed by atoms with Crippen molar-refractivity contribution in [3.8, 4) is 0 Å². The van der Waals surface area contributed by atoms with E-state index >= 15 is 0 Å². The summed E-state index contributed by atoms with van der Waals surface area (Å²) in [6, 6.07) is 8.10. The van der Waals surface area contributed by atoms with E-state index in [9.17, 15) is 9.59 Å². The second kappa shape index (κ2) is 10.2. The first-order valence-electron chi connectivity index (χ1n) is 9.57. The van der Waals surface area contributed by atoms with Crippen LogP contribution >= 0.6 is 0 Å². The van der Waals surface area contributed by atoms with Crippen LogP contribution in [-0.2, 0) is 9.53 Å². The highest BCUT2D eigenvalue weighted by Gasteiger charge is 2.23. The lowest BCUT2D eigenvalue weighted by Gasteiger charge is -2.32. The Morgan fingerprint density at radius 1 is 1.27 bits per heavy atom. The Kier molecular flexibility index (Phi) is 7.91. The van der Waals surface area contributed by atoms with Crippen LogP contribution in [0.2, 0.25) is 0 Å². The molecule has 0 bridgehead atoms. The minimum Gasteiger partial charge on any atom is -0.450 e. The van der Waals surface area contributed by atoms with Crippen molar-refractivity contribution in [3.63, 3.8) is 0 Å². The fourth-order valence-electron chi connectivity index (χ4n) is 3.19. The Labute approximate surface area is 156 Å². The molecular formula is C20H31N3O3. The predicted molar refractivity (Wildman–Crippen MR) is 103 cm³/mol. The van der Waals surface area contributed by atoms with Crippen LogP contribution in [0, 0.1) is 0 Å². The molecule has 1 aliphatic heterocycles. The van der Waals surface area contributed by atoms with Gasteiger partial charge in [0.15, 0.2) is 0 Å². The molecule has 2 rings (SSSR count). The maximum absolute atomic E-state index is 12.3. The van der Waals surface area contributed by atoms with Crippen LogP contribution in [0.15, 0.2) is 24.3 Å². The molecule has 0 saturated carbocycles. The molecule has 1 aromatic rings. The van der Waals surface area contributed by atoms with Crippen molar-refractivity contribution in [3.05, 3.63) is 29.8 Å². The Morgan fingerprint density at radius 3 is 2.65 bits per heavy atom. The fourth-order valence-corrected chi connectivity index (χ4v) is 3.19. The SMILES string of the molecule is CCOC(=O)NC1CCCN(CC(=O)Nc2ccc(C(C)CC)cc2)C1. The van der Waals surface area contributed by atoms with Crippen LogP contribution in [0.25, 0.3) is 0 Å². The molecular weight excluding hydrogens is 330 g/mol. The van der Waals surface area contributed by atoms with Gasteiger partial charge in [0.1, 0.15) is 0 Å². The lowest BCUT2D eigenvalue weighted by Crippen LogP contribution is -2.49. The lowest BCUT2D eigenvalue weighted by atomic mass is 9.99. The number of benzene rings is 1. The average molecular weight is 361 g/mol. The van der Waals surface area contributed by atoms with Crippen molar-refractivity contribution >= 4 is 17.7 Å². The van der Waals surface area contributed by atoms with Crippen LogP contribution in [0.1, 0.15) is 51.5 Å². The minimum atomic E-state index is -0.384. The fraction of sp³-hybridized carbons (Fsp3) is 0.600. The minimum absolute atomic E-state index is 0.0296. The van der Waals surface area contributed by atoms with E-state index in [1.165, 1.54) is 5.56 Å². The van der Waals surface area contributed by atoms with E-state index in [-0.39, 0.29) is 18.0 Å². The number of hydrogen-bond acceptors (Lipinski definition) is 4. The number of anilines is 1. The van der Waals surface area contributed by atoms with Crippen molar-refractivity contribution in [1.29, 1.82) is 0 Å². The number of piperidine rings is 1. The van der Waals surface area contributed by atoms with E-state index < -0.39 is 0 Å². The largest absolute Gasteiger partial charge is 0.450 e. The summed E-state index contributed by atoms with van der Waals surface area (Å²) in [5.41, 5.74) is 2.11. The highest BCUT2D eigenvalue weighted by Crippen LogP contribution is 2.20. The van der Waals surface area contributed by atoms with E-state index in [0.29, 0.717) is 25.6 Å². The molecule has 2 unspecified atom stereocenters. The van der Waals surface area contributed by atoms with Gasteiger partial charge in [-0.15, -0.1) is 0 Å². The predicted octanol–water partition coefficient (Wildman–Crippen LogP) is 3.35. The Hall–Kier alpha value is -2.08. The molecule has 1 aliphatic rings. The molecule has 0 spiro atoms. The first-order valence-corrected chi connectivity index (χ1v) is 9.57. The molecule has 144 valence electrons. The summed E-state index contributed by atoms with van der Waals surface area (Å²) in [6.07, 6.45) is 2.58. The number of alkyl carbamates (subject to hydrolysis) is 1. The van der Waals surface area contributed by atoms with Crippen LogP contribution in [0.3, 0.4) is 0 Å². The van der Waals surface area contributed by atoms with Crippen molar-refractivity contribution in [2.24, 2.45) is 0 Å². The summed E-state index contributed by atoms with van der Waals surface area (Å²) in [7, 11) is 0. The Morgan fingerprint density at radius 2 is 2.00 bits per heavy atom. The van der Waals surface area contributed by atoms with Gasteiger partial charge in [0.25, 0.3) is 0 Å². The van der Waals surface area contributed by atoms with Gasteiger partial charge in [0.05, 0.1) is 13.2 Å². The zero-order valence-electron chi connectivity index (χ0n) is 16.1. The van der Waals surface area contributed by atoms with E-state index in [1.807, 2.05) is 12.1 Å². The third-order valence-corrected chi connectivity index (χ3v) is 4.85. The number of ether oxygens (including phenoxy) is 1. The number of rotatable bonds is 7. The van der Waals surface area contributed by atoms with Gasteiger partial charge in [0, 0.05) is 18.3 Å². The topological polar surface area (TPSA) is 70.7 Å². The molecule has 6 heteroatoms. The number of nitrogens with zero attached hydrogens (tertiary/aromatic N) is 1. The van der Waals surface area contributed by atoms with Gasteiger partial charge in [0.2, 0.25) is 5.91 Å². The highest BCUT2D eigenvalue weighted by atomic mass is 16.5. The van der Waals surface area contributed by atoms with Gasteiger partial charge in [-0.3, -0.25) is 9.69 Å². The Balaban J connectivity index is 1.80. The summed E-state index contributed by atoms with van der Waals surface area (Å²) in [4.78, 5) is 25.9. The summed E-state index contributed by atoms with van der Waals surface area (Å²) in [5.74, 6) is 0.495. The van der Waals surface area contributed by atoms with Gasteiger partial charge < -0.3 is 15.4 Å². The zero-order valence-corrected chi connectivity index (χ0v) is 16.1. The second-order valence-corrected chi connectivity index (χ2v) is 6.92. The van der Waals surface area contributed by atoms with E-state index in [2.05, 4.69) is 41.5 Å². The van der Waals surface area contributed by atoms with E-state index in [0.717, 1.165) is 31.5 Å². The highest BCUT2D eigenvalue weighted by molar-refractivity contribution is 5.92. The van der Waals surface area contributed by atoms with Crippen molar-refractivity contribution < 1.29 is 14.3 Å². The first-order chi connectivity index (χ1) is 12.5. The van der Waals surface area contributed by atoms with E-state index in [4.69, 9.17) is 4.74 Å². The van der Waals surface area contributed by atoms with Crippen LogP contribution < -0.4 is 10.6 Å². The maximum atomic E-state index is 12.3. The summed E-state index contributed by atoms with van der Waals surface area (Å²) < 4.78 is 4.93. The molecule has 1 saturated heterocycles. The molecule has 0 aromatic heterocycles. The number of carbonyl (C=O) groups excluding carboxylic acids is 2. The quantitative estimate of drug-likeness (QED) is 0.781. The molecule has 2 atom stereocenters. The molecule has 1 heterocycles. The zero-order chi connectivity index (χ0) is 18.9. The molecule has 2 N–H and O–H groups in total. The third-order valence-electron chi connectivity index (χ3n) is 4.85. The molecule has 0 aliphatic carbocycles. The smallest absolute Gasteiger partial charge is 0.407 e. The monoisotopic (exact) mass is 361 g/mol. The average Bonchev–Trinajstić information content (AvgIpc) is 2.62. The van der Waals surface area contributed by atoms with Crippen LogP contribution in [0.5, 0.6) is 0 Å². The van der Waals surface area contributed by atoms with Gasteiger partial charge in [-0.1, -0.05) is 26.0 Å². The first kappa shape index (κ1) is 20.2. The standard InChI is InChI=1S/C20H31N3O3/c1-4-15(3)16-8-10-17(11-9-16)21-19(24)14-23-12-6-7-18(13-23)22-20(25)26-5-2/h8-11,15,18H,4-7,12-14H2,1-3H3,(H,21,24)(H,22,25). The third kappa shape index (κ3) is 6.33. The number of likely N-dealkylation sites (tertiary alicyclic amines) is 1. The maximum Gasteiger partial charge on any atom is 0.407 e. The van der Waals surface area contributed by atoms with Gasteiger partial charge in [-0.25, -0.2) is 4.79 Å². The van der Waals surface area contributed by atoms with Gasteiger partial charge >= 0.3 is 6.09 Å². The summed E-state index contributed by atoms with van der Waals surface area (Å²) in [5, 5.41) is 5.82. The Bertz CT molecular complexity index is 588. The van der Waals surface area contributed by atoms with Crippen molar-refractivity contribution in [2.75, 3.05) is 31.6 Å². The van der Waals surface area contributed by atoms with Gasteiger partial charge in [-0.2, -0.15) is 0 Å². The van der Waals surface area contributed by atoms with E-state index in [1.54, 1.807) is 6.92 Å². The summed E-state index contributed by atoms with van der Waals surface area (Å²) >= 11 is 0. The van der Waals surface area contributed by atoms with Crippen LogP contribution in [-0.4, -0.2) is 49.2 Å². The van der Waals surface area contributed by atoms with Crippen molar-refractivity contribution in [2.45, 2.75) is 52.0 Å². The molecule has 1 aromatic carbocycles. The number of hydrogen-bond donors (Lipinski definition) is 2. The second-order valence-electron chi connectivity index (χ2n) is 6.92. The van der Waals surface area contributed by atoms with Crippen LogP contribution in [0.4, 0.5) is 10.5 Å². The van der Waals surface area contributed by atoms with Gasteiger partial charge in [-0.05, 0) is 56.3 Å². The number of nitrogens with one attached hydrogen (secondary N) is 2. The summed E-state index contributed by atoms with van der Waals surface area (Å²) in [6.45, 7) is 8.37. The molecule has 26 heavy (non-hydrogen) atoms. The molecule has 2 amide bonds. The number of carbonyl (C=O) groups is 2. The lowest BCUT2D eigenvalue weighted by molar-refractivity contribution is -0.117. The number of amides is 2. The molecule has 1 fully saturated rings. The molecule has 6 nitrogen and oxygen atoms in total. The van der Waals surface area contributed by atoms with Crippen molar-refractivity contribution in [1.82, 2.24) is 10.2 Å².